The summed E-state index contributed by atoms with van der Waals surface area (Å²) in [6.45, 7) is 3.54. The fourth-order valence-corrected chi connectivity index (χ4v) is 2.22. The number of fused-ring (bicyclic) bond motifs is 1. The van der Waals surface area contributed by atoms with Crippen LogP contribution in [0.15, 0.2) is 43.1 Å². The van der Waals surface area contributed by atoms with Gasteiger partial charge in [-0.25, -0.2) is 4.79 Å². The number of aromatic nitrogens is 1. The van der Waals surface area contributed by atoms with Crippen molar-refractivity contribution in [3.8, 4) is 0 Å². The smallest absolute Gasteiger partial charge is 0.326 e. The van der Waals surface area contributed by atoms with Gasteiger partial charge in [-0.2, -0.15) is 0 Å². The minimum atomic E-state index is -1.03. The predicted octanol–water partition coefficient (Wildman–Crippen LogP) is 2.25. The second-order valence-corrected chi connectivity index (χ2v) is 4.85. The Labute approximate surface area is 122 Å². The molecule has 1 atom stereocenters. The molecule has 1 aromatic heterocycles. The lowest BCUT2D eigenvalue weighted by molar-refractivity contribution is -0.141. The molecule has 0 spiro atoms. The van der Waals surface area contributed by atoms with E-state index in [1.807, 2.05) is 24.3 Å². The highest BCUT2D eigenvalue weighted by molar-refractivity contribution is 5.86. The van der Waals surface area contributed by atoms with Gasteiger partial charge in [0.05, 0.1) is 0 Å². The third-order valence-electron chi connectivity index (χ3n) is 3.31. The molecule has 1 amide bonds. The molecule has 0 aliphatic heterocycles. The van der Waals surface area contributed by atoms with Gasteiger partial charge < -0.3 is 15.4 Å². The van der Waals surface area contributed by atoms with Crippen molar-refractivity contribution < 1.29 is 14.7 Å². The van der Waals surface area contributed by atoms with Crippen molar-refractivity contribution in [2.24, 2.45) is 0 Å². The van der Waals surface area contributed by atoms with Crippen molar-refractivity contribution in [3.63, 3.8) is 0 Å². The van der Waals surface area contributed by atoms with Crippen LogP contribution in [0.3, 0.4) is 0 Å². The van der Waals surface area contributed by atoms with Crippen LogP contribution < -0.4 is 5.32 Å². The second kappa shape index (κ2) is 6.74. The first-order chi connectivity index (χ1) is 10.1. The molecule has 21 heavy (non-hydrogen) atoms. The fraction of sp³-hybridized carbons (Fsp3) is 0.250. The Morgan fingerprint density at radius 1 is 1.38 bits per heavy atom. The zero-order valence-electron chi connectivity index (χ0n) is 11.6. The van der Waals surface area contributed by atoms with Crippen molar-refractivity contribution in [3.05, 3.63) is 48.7 Å². The molecular formula is C16H18N2O3. The summed E-state index contributed by atoms with van der Waals surface area (Å²) in [7, 11) is 0. The van der Waals surface area contributed by atoms with Crippen LogP contribution in [0.5, 0.6) is 0 Å². The summed E-state index contributed by atoms with van der Waals surface area (Å²) in [6.07, 6.45) is 4.46. The number of carboxylic acid groups (broad SMARTS) is 1. The number of amides is 1. The standard InChI is InChI=1S/C16H18N2O3/c1-2-3-8-15(19)18-14(16(20)21)9-11-10-17-13-7-5-4-6-12(11)13/h2,4-7,10,14,17H,1,3,8-9H2,(H,18,19)(H,20,21)/t14-/m0/s1. The van der Waals surface area contributed by atoms with E-state index < -0.39 is 12.0 Å². The zero-order valence-corrected chi connectivity index (χ0v) is 11.6. The minimum Gasteiger partial charge on any atom is -0.480 e. The van der Waals surface area contributed by atoms with Gasteiger partial charge in [-0.3, -0.25) is 4.79 Å². The van der Waals surface area contributed by atoms with E-state index in [9.17, 15) is 14.7 Å². The van der Waals surface area contributed by atoms with E-state index in [1.54, 1.807) is 12.3 Å². The number of carbonyl (C=O) groups excluding carboxylic acids is 1. The van der Waals surface area contributed by atoms with Crippen LogP contribution in [0.2, 0.25) is 0 Å². The number of benzene rings is 1. The number of para-hydroxylation sites is 1. The normalized spacial score (nSPS) is 12.0. The molecule has 1 heterocycles. The maximum atomic E-state index is 11.7. The number of hydrogen-bond acceptors (Lipinski definition) is 2. The molecule has 0 fully saturated rings. The van der Waals surface area contributed by atoms with Crippen LogP contribution in [-0.2, 0) is 16.0 Å². The molecule has 0 aliphatic rings. The predicted molar refractivity (Wildman–Crippen MR) is 81.0 cm³/mol. The second-order valence-electron chi connectivity index (χ2n) is 4.85. The molecule has 0 bridgehead atoms. The lowest BCUT2D eigenvalue weighted by atomic mass is 10.0. The van der Waals surface area contributed by atoms with E-state index in [1.165, 1.54) is 0 Å². The number of allylic oxidation sites excluding steroid dienone is 1. The molecule has 110 valence electrons. The largest absolute Gasteiger partial charge is 0.480 e. The van der Waals surface area contributed by atoms with E-state index in [-0.39, 0.29) is 18.7 Å². The van der Waals surface area contributed by atoms with Gasteiger partial charge in [-0.15, -0.1) is 6.58 Å². The van der Waals surface area contributed by atoms with Crippen molar-refractivity contribution in [1.29, 1.82) is 0 Å². The Kier molecular flexibility index (Phi) is 4.77. The van der Waals surface area contributed by atoms with Crippen molar-refractivity contribution in [1.82, 2.24) is 10.3 Å². The number of H-pyrrole nitrogens is 1. The topological polar surface area (TPSA) is 82.2 Å². The summed E-state index contributed by atoms with van der Waals surface area (Å²) in [6, 6.07) is 6.74. The molecule has 5 nitrogen and oxygen atoms in total. The summed E-state index contributed by atoms with van der Waals surface area (Å²) < 4.78 is 0. The van der Waals surface area contributed by atoms with Crippen LogP contribution in [0.1, 0.15) is 18.4 Å². The third-order valence-corrected chi connectivity index (χ3v) is 3.31. The first-order valence-electron chi connectivity index (χ1n) is 6.80. The Balaban J connectivity index is 2.11. The maximum absolute atomic E-state index is 11.7. The zero-order chi connectivity index (χ0) is 15.2. The SMILES string of the molecule is C=CCCC(=O)N[C@@H](Cc1c[nH]c2ccccc12)C(=O)O. The minimum absolute atomic E-state index is 0.249. The van der Waals surface area contributed by atoms with E-state index in [2.05, 4.69) is 16.9 Å². The van der Waals surface area contributed by atoms with Crippen molar-refractivity contribution >= 4 is 22.8 Å². The molecule has 2 rings (SSSR count). The summed E-state index contributed by atoms with van der Waals surface area (Å²) in [4.78, 5) is 26.1. The van der Waals surface area contributed by atoms with Crippen LogP contribution in [0.4, 0.5) is 0 Å². The number of carbonyl (C=O) groups is 2. The van der Waals surface area contributed by atoms with E-state index in [0.717, 1.165) is 16.5 Å². The van der Waals surface area contributed by atoms with E-state index in [0.29, 0.717) is 6.42 Å². The van der Waals surface area contributed by atoms with Crippen molar-refractivity contribution in [2.45, 2.75) is 25.3 Å². The molecule has 0 radical (unpaired) electrons. The molecule has 2 aromatic rings. The lowest BCUT2D eigenvalue weighted by Gasteiger charge is -2.14. The van der Waals surface area contributed by atoms with Gasteiger partial charge in [0.1, 0.15) is 6.04 Å². The number of hydrogen-bond donors (Lipinski definition) is 3. The number of rotatable bonds is 7. The van der Waals surface area contributed by atoms with E-state index >= 15 is 0 Å². The number of nitrogens with one attached hydrogen (secondary N) is 2. The number of aromatic amines is 1. The summed E-state index contributed by atoms with van der Waals surface area (Å²) in [5.41, 5.74) is 1.83. The van der Waals surface area contributed by atoms with Crippen LogP contribution in [0, 0.1) is 0 Å². The quantitative estimate of drug-likeness (QED) is 0.683. The highest BCUT2D eigenvalue weighted by Crippen LogP contribution is 2.19. The molecular weight excluding hydrogens is 268 g/mol. The monoisotopic (exact) mass is 286 g/mol. The molecule has 0 unspecified atom stereocenters. The maximum Gasteiger partial charge on any atom is 0.326 e. The van der Waals surface area contributed by atoms with Crippen molar-refractivity contribution in [2.75, 3.05) is 0 Å². The van der Waals surface area contributed by atoms with Gasteiger partial charge in [-0.1, -0.05) is 24.3 Å². The van der Waals surface area contributed by atoms with Gasteiger partial charge in [-0.05, 0) is 18.1 Å². The third kappa shape index (κ3) is 3.72. The Hall–Kier alpha value is -2.56. The van der Waals surface area contributed by atoms with Gasteiger partial charge >= 0.3 is 5.97 Å². The molecule has 0 aliphatic carbocycles. The molecule has 5 heteroatoms. The molecule has 3 N–H and O–H groups in total. The van der Waals surface area contributed by atoms with Crippen LogP contribution >= 0.6 is 0 Å². The van der Waals surface area contributed by atoms with Gasteiger partial charge in [0.25, 0.3) is 0 Å². The van der Waals surface area contributed by atoms with Gasteiger partial charge in [0, 0.05) is 29.9 Å². The average Bonchev–Trinajstić information content (AvgIpc) is 2.87. The van der Waals surface area contributed by atoms with Crippen LogP contribution in [0.25, 0.3) is 10.9 Å². The summed E-state index contributed by atoms with van der Waals surface area (Å²) in [5.74, 6) is -1.31. The number of carboxylic acids is 1. The Morgan fingerprint density at radius 3 is 2.86 bits per heavy atom. The highest BCUT2D eigenvalue weighted by Gasteiger charge is 2.21. The van der Waals surface area contributed by atoms with Gasteiger partial charge in [0.15, 0.2) is 0 Å². The molecule has 0 saturated carbocycles. The first-order valence-corrected chi connectivity index (χ1v) is 6.80. The Morgan fingerprint density at radius 2 is 2.14 bits per heavy atom. The summed E-state index contributed by atoms with van der Waals surface area (Å²) in [5, 5.41) is 12.8. The molecule has 1 aromatic carbocycles. The van der Waals surface area contributed by atoms with Gasteiger partial charge in [0.2, 0.25) is 5.91 Å². The fourth-order valence-electron chi connectivity index (χ4n) is 2.22. The molecule has 0 saturated heterocycles. The highest BCUT2D eigenvalue weighted by atomic mass is 16.4. The average molecular weight is 286 g/mol. The Bertz CT molecular complexity index is 660. The first kappa shape index (κ1) is 14.8. The van der Waals surface area contributed by atoms with E-state index in [4.69, 9.17) is 0 Å². The number of aliphatic carboxylic acids is 1. The lowest BCUT2D eigenvalue weighted by Crippen LogP contribution is -2.42. The summed E-state index contributed by atoms with van der Waals surface area (Å²) >= 11 is 0. The van der Waals surface area contributed by atoms with Crippen LogP contribution in [-0.4, -0.2) is 28.0 Å².